The first kappa shape index (κ1) is 59.3. The average Bonchev–Trinajstić information content (AvgIpc) is 3.33. The molecule has 0 spiro atoms. The predicted octanol–water partition coefficient (Wildman–Crippen LogP) is 12.5. The van der Waals surface area contributed by atoms with Crippen LogP contribution in [0.4, 0.5) is 37.7 Å². The van der Waals surface area contributed by atoms with Crippen molar-refractivity contribution in [1.82, 2.24) is 9.80 Å². The standard InChI is InChI=1S/C29H43F3N2O4.C26H37F3N2O4/c1-6-8-12-15-33-24-17-22(26(35)34(20(3)4)21-13-10-9-11-14-21)23(29(30,31)32)18-25(24)38-28(5,27(33)36)19-37-16-7-2;1-5-6-10-13-30-21-14-19(23(33)31(17(2)3)18-11-8-7-9-12-18)20(26(27,28)29)15-22(21)35-25(4,16-32)24(30)34/h17-18,20-21H,6-16,19H2,1-5H3;14-15,17-18,32H,5-13,16H2,1-4H3. The Balaban J connectivity index is 0.000000272. The van der Waals surface area contributed by atoms with Gasteiger partial charge in [-0.1, -0.05) is 85.0 Å². The quantitative estimate of drug-likeness (QED) is 0.109. The second-order valence-electron chi connectivity index (χ2n) is 21.1. The summed E-state index contributed by atoms with van der Waals surface area (Å²) >= 11 is 0. The third-order valence-electron chi connectivity index (χ3n) is 14.4. The number of hydrogen-bond acceptors (Lipinski definition) is 8. The first-order chi connectivity index (χ1) is 34.4. The Hall–Kier alpha value is -4.58. The van der Waals surface area contributed by atoms with Crippen LogP contribution in [0.2, 0.25) is 0 Å². The van der Waals surface area contributed by atoms with Crippen LogP contribution in [0.25, 0.3) is 0 Å². The molecule has 2 unspecified atom stereocenters. The Labute approximate surface area is 428 Å². The van der Waals surface area contributed by atoms with E-state index < -0.39 is 70.1 Å². The molecule has 0 bridgehead atoms. The predicted molar refractivity (Wildman–Crippen MR) is 269 cm³/mol. The van der Waals surface area contributed by atoms with Crippen LogP contribution in [0.5, 0.6) is 11.5 Å². The third-order valence-corrected chi connectivity index (χ3v) is 14.4. The van der Waals surface area contributed by atoms with Crippen molar-refractivity contribution < 1.29 is 64.8 Å². The largest absolute Gasteiger partial charge is 0.473 e. The molecule has 0 aromatic heterocycles. The number of rotatable bonds is 19. The van der Waals surface area contributed by atoms with E-state index in [0.29, 0.717) is 26.0 Å². The van der Waals surface area contributed by atoms with E-state index in [4.69, 9.17) is 14.2 Å². The normalized spacial score (nSPS) is 20.8. The minimum absolute atomic E-state index is 0.0543. The Morgan fingerprint density at radius 2 is 1.03 bits per heavy atom. The first-order valence-electron chi connectivity index (χ1n) is 26.7. The molecule has 2 heterocycles. The number of halogens is 6. The topological polar surface area (TPSA) is 129 Å². The van der Waals surface area contributed by atoms with Gasteiger partial charge < -0.3 is 38.9 Å². The number of ether oxygens (including phenoxy) is 3. The number of aliphatic hydroxyl groups excluding tert-OH is 1. The van der Waals surface area contributed by atoms with Crippen LogP contribution < -0.4 is 19.3 Å². The highest BCUT2D eigenvalue weighted by Crippen LogP contribution is 2.47. The number of alkyl halides is 6. The van der Waals surface area contributed by atoms with E-state index in [-0.39, 0.29) is 66.1 Å². The highest BCUT2D eigenvalue weighted by Gasteiger charge is 2.49. The van der Waals surface area contributed by atoms with Crippen molar-refractivity contribution >= 4 is 35.0 Å². The zero-order valence-electron chi connectivity index (χ0n) is 44.5. The van der Waals surface area contributed by atoms with Crippen molar-refractivity contribution in [1.29, 1.82) is 0 Å². The summed E-state index contributed by atoms with van der Waals surface area (Å²) in [5.41, 5.74) is -5.84. The fraction of sp³-hybridized carbons (Fsp3) is 0.709. The van der Waals surface area contributed by atoms with Gasteiger partial charge in [0.15, 0.2) is 0 Å². The number of fused-ring (bicyclic) bond motifs is 2. The number of benzene rings is 2. The number of amides is 4. The summed E-state index contributed by atoms with van der Waals surface area (Å²) in [6.45, 7) is 16.4. The summed E-state index contributed by atoms with van der Waals surface area (Å²) in [4.78, 5) is 60.5. The zero-order valence-corrected chi connectivity index (χ0v) is 44.5. The molecule has 4 aliphatic rings. The Kier molecular flexibility index (Phi) is 20.6. The molecule has 2 aliphatic heterocycles. The fourth-order valence-corrected chi connectivity index (χ4v) is 10.6. The SMILES string of the molecule is CCCCCN1C(=O)C(C)(CO)Oc2cc(C(F)(F)F)c(C(=O)N(C(C)C)C3CCCCC3)cc21.CCCCCN1C(=O)C(C)(COCCC)Oc2cc(C(F)(F)F)c(C(=O)N(C(C)C)C3CCCCC3)cc21. The van der Waals surface area contributed by atoms with E-state index in [2.05, 4.69) is 0 Å². The van der Waals surface area contributed by atoms with E-state index in [1.165, 1.54) is 28.9 Å². The Morgan fingerprint density at radius 1 is 0.644 bits per heavy atom. The molecule has 2 aromatic carbocycles. The number of carbonyl (C=O) groups is 4. The molecule has 2 aliphatic carbocycles. The number of unbranched alkanes of at least 4 members (excludes halogenated alkanes) is 4. The minimum atomic E-state index is -4.80. The number of hydrogen-bond donors (Lipinski definition) is 1. The lowest BCUT2D eigenvalue weighted by atomic mass is 9.92. The van der Waals surface area contributed by atoms with Gasteiger partial charge in [-0.25, -0.2) is 0 Å². The van der Waals surface area contributed by atoms with Crippen LogP contribution in [-0.2, 0) is 26.7 Å². The van der Waals surface area contributed by atoms with Crippen molar-refractivity contribution in [2.24, 2.45) is 0 Å². The average molecular weight is 1040 g/mol. The molecule has 410 valence electrons. The minimum Gasteiger partial charge on any atom is -0.473 e. The monoisotopic (exact) mass is 1040 g/mol. The summed E-state index contributed by atoms with van der Waals surface area (Å²) in [5, 5.41) is 9.83. The highest BCUT2D eigenvalue weighted by atomic mass is 19.4. The molecule has 0 radical (unpaired) electrons. The van der Waals surface area contributed by atoms with Crippen molar-refractivity contribution in [3.05, 3.63) is 46.5 Å². The van der Waals surface area contributed by atoms with Gasteiger partial charge in [-0.15, -0.1) is 0 Å². The maximum Gasteiger partial charge on any atom is 0.417 e. The summed E-state index contributed by atoms with van der Waals surface area (Å²) in [5.74, 6) is -2.45. The van der Waals surface area contributed by atoms with Crippen LogP contribution in [0.1, 0.15) is 203 Å². The Bertz CT molecular complexity index is 2210. The lowest BCUT2D eigenvalue weighted by Crippen LogP contribution is -2.57. The molecule has 4 amide bonds. The molecular formula is C55H80F6N4O8. The number of aliphatic hydroxyl groups is 1. The number of nitrogens with zero attached hydrogens (tertiary/aromatic N) is 4. The van der Waals surface area contributed by atoms with Crippen molar-refractivity contribution in [3.63, 3.8) is 0 Å². The maximum absolute atomic E-state index is 14.4. The molecule has 2 aromatic rings. The van der Waals surface area contributed by atoms with E-state index in [1.54, 1.807) is 16.7 Å². The van der Waals surface area contributed by atoms with Gasteiger partial charge >= 0.3 is 12.4 Å². The molecule has 6 rings (SSSR count). The fourth-order valence-electron chi connectivity index (χ4n) is 10.6. The molecule has 12 nitrogen and oxygen atoms in total. The zero-order chi connectivity index (χ0) is 54.1. The van der Waals surface area contributed by atoms with Crippen LogP contribution in [0.3, 0.4) is 0 Å². The van der Waals surface area contributed by atoms with Gasteiger partial charge in [0.25, 0.3) is 23.6 Å². The van der Waals surface area contributed by atoms with Gasteiger partial charge in [-0.2, -0.15) is 26.3 Å². The third kappa shape index (κ3) is 13.8. The number of carbonyl (C=O) groups excluding carboxylic acids is 4. The second kappa shape index (κ2) is 25.3. The van der Waals surface area contributed by atoms with Crippen LogP contribution in [0, 0.1) is 0 Å². The van der Waals surface area contributed by atoms with Gasteiger partial charge in [-0.05, 0) is 111 Å². The highest BCUT2D eigenvalue weighted by molar-refractivity contribution is 6.06. The smallest absolute Gasteiger partial charge is 0.417 e. The molecule has 2 fully saturated rings. The van der Waals surface area contributed by atoms with Gasteiger partial charge in [0.1, 0.15) is 11.5 Å². The second-order valence-corrected chi connectivity index (χ2v) is 21.1. The summed E-state index contributed by atoms with van der Waals surface area (Å²) in [6, 6.07) is 3.35. The van der Waals surface area contributed by atoms with Crippen LogP contribution in [-0.4, -0.2) is 107 Å². The summed E-state index contributed by atoms with van der Waals surface area (Å²) in [6.07, 6.45) is 4.92. The molecule has 1 N–H and O–H groups in total. The van der Waals surface area contributed by atoms with Crippen molar-refractivity contribution in [2.45, 2.75) is 219 Å². The molecule has 73 heavy (non-hydrogen) atoms. The van der Waals surface area contributed by atoms with Crippen molar-refractivity contribution in [3.8, 4) is 11.5 Å². The van der Waals surface area contributed by atoms with E-state index >= 15 is 0 Å². The number of anilines is 2. The van der Waals surface area contributed by atoms with Crippen molar-refractivity contribution in [2.75, 3.05) is 42.7 Å². The van der Waals surface area contributed by atoms with Crippen LogP contribution in [0.15, 0.2) is 24.3 Å². The van der Waals surface area contributed by atoms with Gasteiger partial charge in [0.2, 0.25) is 11.2 Å². The maximum atomic E-state index is 14.4. The summed E-state index contributed by atoms with van der Waals surface area (Å²) in [7, 11) is 0. The molecule has 2 saturated carbocycles. The first-order valence-corrected chi connectivity index (χ1v) is 26.7. The molecular weight excluding hydrogens is 959 g/mol. The molecule has 0 saturated heterocycles. The van der Waals surface area contributed by atoms with Gasteiger partial charge in [0, 0.05) is 43.9 Å². The molecule has 18 heteroatoms. The van der Waals surface area contributed by atoms with E-state index in [1.807, 2.05) is 48.5 Å². The van der Waals surface area contributed by atoms with E-state index in [0.717, 1.165) is 108 Å². The lowest BCUT2D eigenvalue weighted by molar-refractivity contribution is -0.141. The van der Waals surface area contributed by atoms with Gasteiger partial charge in [-0.3, -0.25) is 19.2 Å². The molecule has 2 atom stereocenters. The lowest BCUT2D eigenvalue weighted by Gasteiger charge is -2.42. The van der Waals surface area contributed by atoms with Gasteiger partial charge in [0.05, 0.1) is 46.8 Å². The Morgan fingerprint density at radius 3 is 1.37 bits per heavy atom. The van der Waals surface area contributed by atoms with E-state index in [9.17, 15) is 50.6 Å². The summed E-state index contributed by atoms with van der Waals surface area (Å²) < 4.78 is 103. The van der Waals surface area contributed by atoms with Crippen LogP contribution >= 0.6 is 0 Å².